The van der Waals surface area contributed by atoms with E-state index in [4.69, 9.17) is 28.9 Å². The number of nitrogen functional groups attached to an aromatic ring is 1. The molecule has 4 aromatic rings. The number of aromatic nitrogens is 4. The molecule has 10 nitrogen and oxygen atoms in total. The molecule has 0 saturated heterocycles. The van der Waals surface area contributed by atoms with Gasteiger partial charge in [-0.3, -0.25) is 4.79 Å². The van der Waals surface area contributed by atoms with Crippen LogP contribution >= 0.6 is 23.2 Å². The number of nitrogens with one attached hydrogen (secondary N) is 1. The smallest absolute Gasteiger partial charge is 0.355 e. The van der Waals surface area contributed by atoms with Gasteiger partial charge in [0.25, 0.3) is 5.91 Å². The highest BCUT2D eigenvalue weighted by atomic mass is 35.5. The molecule has 0 unspecified atom stereocenters. The van der Waals surface area contributed by atoms with E-state index in [1.54, 1.807) is 24.3 Å². The van der Waals surface area contributed by atoms with Crippen molar-refractivity contribution >= 4 is 57.6 Å². The summed E-state index contributed by atoms with van der Waals surface area (Å²) in [5.74, 6) is 0.343. The van der Waals surface area contributed by atoms with Crippen LogP contribution in [0, 0.1) is 0 Å². The van der Waals surface area contributed by atoms with Crippen LogP contribution in [0.3, 0.4) is 0 Å². The van der Waals surface area contributed by atoms with Gasteiger partial charge in [-0.25, -0.2) is 14.3 Å². The monoisotopic (exact) mass is 538 g/mol. The standard InChI is InChI=1S/C25H24Cl2N8O2/c1-33(2)10-11-34-9-8-14-12-15(6-7-16(14)23(34)36)30-24-29-13-17-21(28)35(25(37)32-22(17)31-24)20-18(26)4-3-5-19(20)27/h3-7,12-13H,8-11,28H2,1-2H3,(H,30,31,32,37). The van der Waals surface area contributed by atoms with Gasteiger partial charge in [0.05, 0.1) is 21.1 Å². The summed E-state index contributed by atoms with van der Waals surface area (Å²) in [5.41, 5.74) is 8.37. The lowest BCUT2D eigenvalue weighted by atomic mass is 9.98. The summed E-state index contributed by atoms with van der Waals surface area (Å²) in [6.45, 7) is 2.17. The molecule has 37 heavy (non-hydrogen) atoms. The van der Waals surface area contributed by atoms with E-state index in [1.165, 1.54) is 6.20 Å². The van der Waals surface area contributed by atoms with Crippen LogP contribution in [-0.4, -0.2) is 69.0 Å². The molecular weight excluding hydrogens is 515 g/mol. The Balaban J connectivity index is 1.42. The van der Waals surface area contributed by atoms with Crippen LogP contribution in [0.1, 0.15) is 15.9 Å². The van der Waals surface area contributed by atoms with E-state index >= 15 is 0 Å². The molecule has 1 aliphatic rings. The zero-order valence-electron chi connectivity index (χ0n) is 20.2. The van der Waals surface area contributed by atoms with Crippen LogP contribution in [-0.2, 0) is 6.42 Å². The number of nitrogens with zero attached hydrogens (tertiary/aromatic N) is 6. The Kier molecular flexibility index (Phi) is 6.72. The normalized spacial score (nSPS) is 13.3. The topological polar surface area (TPSA) is 122 Å². The largest absolute Gasteiger partial charge is 0.384 e. The van der Waals surface area contributed by atoms with E-state index < -0.39 is 5.69 Å². The number of halogens is 2. The second-order valence-electron chi connectivity index (χ2n) is 8.96. The van der Waals surface area contributed by atoms with Crippen LogP contribution in [0.2, 0.25) is 10.0 Å². The number of carbonyl (C=O) groups is 1. The number of amides is 1. The quantitative estimate of drug-likeness (QED) is 0.383. The molecule has 0 atom stereocenters. The maximum absolute atomic E-state index is 12.9. The predicted molar refractivity (Wildman–Crippen MR) is 145 cm³/mol. The number of anilines is 3. The van der Waals surface area contributed by atoms with Crippen LogP contribution in [0.15, 0.2) is 47.4 Å². The minimum Gasteiger partial charge on any atom is -0.384 e. The van der Waals surface area contributed by atoms with E-state index in [0.717, 1.165) is 28.8 Å². The highest BCUT2D eigenvalue weighted by Crippen LogP contribution is 2.31. The molecule has 0 radical (unpaired) electrons. The maximum atomic E-state index is 12.9. The lowest BCUT2D eigenvalue weighted by molar-refractivity contribution is 0.0729. The van der Waals surface area contributed by atoms with Gasteiger partial charge in [0.2, 0.25) is 5.95 Å². The number of hydrogen-bond acceptors (Lipinski definition) is 8. The minimum atomic E-state index is -0.671. The fraction of sp³-hybridized carbons (Fsp3) is 0.240. The first-order chi connectivity index (χ1) is 17.7. The molecule has 2 aromatic heterocycles. The van der Waals surface area contributed by atoms with Crippen molar-refractivity contribution in [3.05, 3.63) is 74.3 Å². The molecule has 2 aromatic carbocycles. The first kappa shape index (κ1) is 24.9. The third-order valence-corrected chi connectivity index (χ3v) is 6.80. The fourth-order valence-electron chi connectivity index (χ4n) is 4.26. The van der Waals surface area contributed by atoms with Gasteiger partial charge in [0.1, 0.15) is 5.82 Å². The number of hydrogen-bond donors (Lipinski definition) is 2. The van der Waals surface area contributed by atoms with Crippen molar-refractivity contribution in [3.63, 3.8) is 0 Å². The molecule has 0 saturated carbocycles. The van der Waals surface area contributed by atoms with Gasteiger partial charge in [-0.2, -0.15) is 9.97 Å². The zero-order valence-corrected chi connectivity index (χ0v) is 21.7. The van der Waals surface area contributed by atoms with Gasteiger partial charge in [0, 0.05) is 37.1 Å². The van der Waals surface area contributed by atoms with E-state index in [2.05, 4.69) is 25.2 Å². The maximum Gasteiger partial charge on any atom is 0.355 e. The third-order valence-electron chi connectivity index (χ3n) is 6.19. The molecule has 3 N–H and O–H groups in total. The Bertz CT molecular complexity index is 1570. The molecule has 0 bridgehead atoms. The summed E-state index contributed by atoms with van der Waals surface area (Å²) < 4.78 is 1.14. The first-order valence-corrected chi connectivity index (χ1v) is 12.3. The molecule has 0 aliphatic carbocycles. The summed E-state index contributed by atoms with van der Waals surface area (Å²) in [6.07, 6.45) is 2.24. The second-order valence-corrected chi connectivity index (χ2v) is 9.77. The lowest BCUT2D eigenvalue weighted by Gasteiger charge is -2.29. The van der Waals surface area contributed by atoms with Crippen LogP contribution in [0.25, 0.3) is 16.7 Å². The lowest BCUT2D eigenvalue weighted by Crippen LogP contribution is -2.41. The Morgan fingerprint density at radius 1 is 1.11 bits per heavy atom. The van der Waals surface area contributed by atoms with Crippen molar-refractivity contribution in [3.8, 4) is 5.69 Å². The number of nitrogens with two attached hydrogens (primary N) is 1. The Morgan fingerprint density at radius 2 is 1.86 bits per heavy atom. The molecule has 190 valence electrons. The number of carbonyl (C=O) groups excluding carboxylic acids is 1. The van der Waals surface area contributed by atoms with Crippen LogP contribution < -0.4 is 16.7 Å². The van der Waals surface area contributed by atoms with Crippen molar-refractivity contribution in [2.24, 2.45) is 0 Å². The van der Waals surface area contributed by atoms with Gasteiger partial charge >= 0.3 is 5.69 Å². The molecule has 0 spiro atoms. The first-order valence-electron chi connectivity index (χ1n) is 11.6. The molecule has 3 heterocycles. The van der Waals surface area contributed by atoms with Crippen molar-refractivity contribution in [1.29, 1.82) is 0 Å². The average molecular weight is 539 g/mol. The van der Waals surface area contributed by atoms with E-state index in [-0.39, 0.29) is 39.1 Å². The summed E-state index contributed by atoms with van der Waals surface area (Å²) in [4.78, 5) is 42.5. The van der Waals surface area contributed by atoms with Crippen molar-refractivity contribution in [1.82, 2.24) is 29.3 Å². The second kappa shape index (κ2) is 9.97. The number of fused-ring (bicyclic) bond motifs is 2. The third kappa shape index (κ3) is 4.83. The van der Waals surface area contributed by atoms with Crippen molar-refractivity contribution in [2.75, 3.05) is 44.8 Å². The predicted octanol–water partition coefficient (Wildman–Crippen LogP) is 3.37. The zero-order chi connectivity index (χ0) is 26.3. The van der Waals surface area contributed by atoms with Gasteiger partial charge in [-0.1, -0.05) is 29.3 Å². The average Bonchev–Trinajstić information content (AvgIpc) is 2.85. The summed E-state index contributed by atoms with van der Waals surface area (Å²) in [5, 5.41) is 4.02. The Morgan fingerprint density at radius 3 is 2.59 bits per heavy atom. The molecule has 0 fully saturated rings. The number of para-hydroxylation sites is 1. The van der Waals surface area contributed by atoms with Gasteiger partial charge in [-0.05, 0) is 56.4 Å². The Labute approximate surface area is 222 Å². The van der Waals surface area contributed by atoms with E-state index in [0.29, 0.717) is 24.0 Å². The molecule has 1 aliphatic heterocycles. The van der Waals surface area contributed by atoms with Crippen molar-refractivity contribution < 1.29 is 4.79 Å². The van der Waals surface area contributed by atoms with Crippen LogP contribution in [0.4, 0.5) is 17.5 Å². The SMILES string of the molecule is CN(C)CCN1CCc2cc(Nc3ncc4c(N)n(-c5c(Cl)cccc5Cl)c(=O)nc4n3)ccc2C1=O. The highest BCUT2D eigenvalue weighted by Gasteiger charge is 2.24. The highest BCUT2D eigenvalue weighted by molar-refractivity contribution is 6.37. The number of likely N-dealkylation sites (N-methyl/N-ethyl adjacent to an activating group) is 1. The minimum absolute atomic E-state index is 0.0335. The summed E-state index contributed by atoms with van der Waals surface area (Å²) in [7, 11) is 3.98. The summed E-state index contributed by atoms with van der Waals surface area (Å²) >= 11 is 12.6. The Hall–Kier alpha value is -3.73. The number of rotatable bonds is 6. The van der Waals surface area contributed by atoms with Gasteiger partial charge < -0.3 is 20.9 Å². The van der Waals surface area contributed by atoms with Crippen molar-refractivity contribution in [2.45, 2.75) is 6.42 Å². The fourth-order valence-corrected chi connectivity index (χ4v) is 4.83. The van der Waals surface area contributed by atoms with Gasteiger partial charge in [-0.15, -0.1) is 0 Å². The summed E-state index contributed by atoms with van der Waals surface area (Å²) in [6, 6.07) is 10.4. The molecular formula is C25H24Cl2N8O2. The molecule has 1 amide bonds. The molecule has 12 heteroatoms. The van der Waals surface area contributed by atoms with E-state index in [9.17, 15) is 9.59 Å². The van der Waals surface area contributed by atoms with Crippen LogP contribution in [0.5, 0.6) is 0 Å². The van der Waals surface area contributed by atoms with Gasteiger partial charge in [0.15, 0.2) is 5.65 Å². The number of benzene rings is 2. The molecule has 5 rings (SSSR count). The van der Waals surface area contributed by atoms with E-state index in [1.807, 2.05) is 31.1 Å².